The summed E-state index contributed by atoms with van der Waals surface area (Å²) in [7, 11) is 0. The molecule has 2 aromatic heterocycles. The molecule has 1 aromatic carbocycles. The molecule has 2 heterocycles. The van der Waals surface area contributed by atoms with Crippen molar-refractivity contribution < 1.29 is 0 Å². The Balaban J connectivity index is 2.03. The lowest BCUT2D eigenvalue weighted by molar-refractivity contribution is 1.15. The zero-order valence-corrected chi connectivity index (χ0v) is 11.4. The molecule has 4 heteroatoms. The second kappa shape index (κ2) is 4.94. The van der Waals surface area contributed by atoms with E-state index < -0.39 is 0 Å². The van der Waals surface area contributed by atoms with Gasteiger partial charge >= 0.3 is 0 Å². The Morgan fingerprint density at radius 1 is 1.11 bits per heavy atom. The van der Waals surface area contributed by atoms with Crippen LogP contribution < -0.4 is 5.32 Å². The predicted octanol–water partition coefficient (Wildman–Crippen LogP) is 4.09. The summed E-state index contributed by atoms with van der Waals surface area (Å²) in [6.07, 6.45) is 4.07. The van der Waals surface area contributed by atoms with Gasteiger partial charge in [0.1, 0.15) is 5.65 Å². The number of anilines is 1. The van der Waals surface area contributed by atoms with Crippen molar-refractivity contribution >= 4 is 22.9 Å². The molecule has 0 aliphatic carbocycles. The van der Waals surface area contributed by atoms with Crippen LogP contribution in [0.4, 0.5) is 5.69 Å². The minimum absolute atomic E-state index is 0.738. The SMILES string of the molecule is CCNc1ccc2nc(-c3ccc(Cl)cc3)cn2c1. The molecular formula is C15H14ClN3. The highest BCUT2D eigenvalue weighted by Gasteiger charge is 2.04. The normalized spacial score (nSPS) is 10.8. The Labute approximate surface area is 116 Å². The van der Waals surface area contributed by atoms with Crippen LogP contribution in [-0.4, -0.2) is 15.9 Å². The molecule has 19 heavy (non-hydrogen) atoms. The number of nitrogens with one attached hydrogen (secondary N) is 1. The van der Waals surface area contributed by atoms with Gasteiger partial charge in [-0.3, -0.25) is 0 Å². The third kappa shape index (κ3) is 2.42. The van der Waals surface area contributed by atoms with Gasteiger partial charge in [-0.1, -0.05) is 23.7 Å². The van der Waals surface area contributed by atoms with Gasteiger partial charge in [0.2, 0.25) is 0 Å². The number of fused-ring (bicyclic) bond motifs is 1. The number of hydrogen-bond acceptors (Lipinski definition) is 2. The fraction of sp³-hybridized carbons (Fsp3) is 0.133. The zero-order chi connectivity index (χ0) is 13.2. The molecule has 3 aromatic rings. The first-order valence-corrected chi connectivity index (χ1v) is 6.62. The smallest absolute Gasteiger partial charge is 0.137 e. The fourth-order valence-corrected chi connectivity index (χ4v) is 2.19. The van der Waals surface area contributed by atoms with Gasteiger partial charge in [0, 0.05) is 29.5 Å². The maximum absolute atomic E-state index is 5.90. The molecule has 0 fully saturated rings. The average Bonchev–Trinajstić information content (AvgIpc) is 2.83. The van der Waals surface area contributed by atoms with E-state index >= 15 is 0 Å². The molecule has 0 unspecified atom stereocenters. The number of aromatic nitrogens is 2. The lowest BCUT2D eigenvalue weighted by atomic mass is 10.2. The number of halogens is 1. The largest absolute Gasteiger partial charge is 0.384 e. The van der Waals surface area contributed by atoms with Crippen LogP contribution in [0.3, 0.4) is 0 Å². The van der Waals surface area contributed by atoms with Crippen molar-refractivity contribution in [1.29, 1.82) is 0 Å². The van der Waals surface area contributed by atoms with Crippen LogP contribution in [0.25, 0.3) is 16.9 Å². The highest BCUT2D eigenvalue weighted by molar-refractivity contribution is 6.30. The summed E-state index contributed by atoms with van der Waals surface area (Å²) >= 11 is 5.90. The summed E-state index contributed by atoms with van der Waals surface area (Å²) in [6.45, 7) is 2.99. The van der Waals surface area contributed by atoms with Gasteiger partial charge in [-0.25, -0.2) is 4.98 Å². The average molecular weight is 272 g/mol. The molecule has 0 saturated carbocycles. The Hall–Kier alpha value is -2.00. The predicted molar refractivity (Wildman–Crippen MR) is 79.8 cm³/mol. The van der Waals surface area contributed by atoms with Crippen LogP contribution in [-0.2, 0) is 0 Å². The van der Waals surface area contributed by atoms with Crippen LogP contribution in [0, 0.1) is 0 Å². The molecule has 1 N–H and O–H groups in total. The van der Waals surface area contributed by atoms with E-state index in [1.165, 1.54) is 0 Å². The molecule has 3 rings (SSSR count). The molecule has 0 saturated heterocycles. The molecule has 0 bridgehead atoms. The number of nitrogens with zero attached hydrogens (tertiary/aromatic N) is 2. The van der Waals surface area contributed by atoms with E-state index in [0.29, 0.717) is 0 Å². The van der Waals surface area contributed by atoms with Crippen LogP contribution in [0.15, 0.2) is 48.8 Å². The van der Waals surface area contributed by atoms with Gasteiger partial charge in [0.25, 0.3) is 0 Å². The Bertz CT molecular complexity index is 701. The molecular weight excluding hydrogens is 258 g/mol. The van der Waals surface area contributed by atoms with Gasteiger partial charge in [-0.2, -0.15) is 0 Å². The number of imidazole rings is 1. The summed E-state index contributed by atoms with van der Waals surface area (Å²) in [5.74, 6) is 0. The van der Waals surface area contributed by atoms with Gasteiger partial charge in [-0.05, 0) is 31.2 Å². The Morgan fingerprint density at radius 2 is 1.89 bits per heavy atom. The molecule has 0 atom stereocenters. The van der Waals surface area contributed by atoms with E-state index in [-0.39, 0.29) is 0 Å². The molecule has 0 aliphatic rings. The second-order valence-corrected chi connectivity index (χ2v) is 4.78. The van der Waals surface area contributed by atoms with E-state index in [1.54, 1.807) is 0 Å². The maximum Gasteiger partial charge on any atom is 0.137 e. The molecule has 3 nitrogen and oxygen atoms in total. The topological polar surface area (TPSA) is 29.3 Å². The standard InChI is InChI=1S/C15H14ClN3/c1-2-17-13-7-8-15-18-14(10-19(15)9-13)11-3-5-12(16)6-4-11/h3-10,17H,2H2,1H3. The second-order valence-electron chi connectivity index (χ2n) is 4.35. The van der Waals surface area contributed by atoms with E-state index in [9.17, 15) is 0 Å². The molecule has 0 radical (unpaired) electrons. The van der Waals surface area contributed by atoms with Crippen molar-refractivity contribution in [1.82, 2.24) is 9.38 Å². The number of benzene rings is 1. The van der Waals surface area contributed by atoms with Gasteiger partial charge in [0.15, 0.2) is 0 Å². The van der Waals surface area contributed by atoms with Gasteiger partial charge in [0.05, 0.1) is 11.4 Å². The van der Waals surface area contributed by atoms with Crippen LogP contribution in [0.2, 0.25) is 5.02 Å². The first-order chi connectivity index (χ1) is 9.26. The van der Waals surface area contributed by atoms with E-state index in [0.717, 1.165) is 34.2 Å². The summed E-state index contributed by atoms with van der Waals surface area (Å²) in [5.41, 5.74) is 4.05. The number of pyridine rings is 1. The first kappa shape index (κ1) is 12.1. The quantitative estimate of drug-likeness (QED) is 0.777. The highest BCUT2D eigenvalue weighted by atomic mass is 35.5. The minimum Gasteiger partial charge on any atom is -0.384 e. The zero-order valence-electron chi connectivity index (χ0n) is 10.6. The van der Waals surface area contributed by atoms with Crippen molar-refractivity contribution in [2.75, 3.05) is 11.9 Å². The molecule has 0 spiro atoms. The van der Waals surface area contributed by atoms with Gasteiger partial charge in [-0.15, -0.1) is 0 Å². The number of hydrogen-bond donors (Lipinski definition) is 1. The van der Waals surface area contributed by atoms with Crippen molar-refractivity contribution in [3.63, 3.8) is 0 Å². The fourth-order valence-electron chi connectivity index (χ4n) is 2.06. The van der Waals surface area contributed by atoms with Crippen LogP contribution in [0.1, 0.15) is 6.92 Å². The monoisotopic (exact) mass is 271 g/mol. The Kier molecular flexibility index (Phi) is 3.13. The lowest BCUT2D eigenvalue weighted by Gasteiger charge is -2.02. The third-order valence-corrected chi connectivity index (χ3v) is 3.22. The summed E-state index contributed by atoms with van der Waals surface area (Å²) in [6, 6.07) is 11.8. The molecule has 0 aliphatic heterocycles. The minimum atomic E-state index is 0.738. The lowest BCUT2D eigenvalue weighted by Crippen LogP contribution is -1.97. The number of rotatable bonds is 3. The van der Waals surface area contributed by atoms with Crippen molar-refractivity contribution in [2.45, 2.75) is 6.92 Å². The van der Waals surface area contributed by atoms with E-state index in [4.69, 9.17) is 11.6 Å². The van der Waals surface area contributed by atoms with Crippen LogP contribution in [0.5, 0.6) is 0 Å². The van der Waals surface area contributed by atoms with Crippen LogP contribution >= 0.6 is 11.6 Å². The third-order valence-electron chi connectivity index (χ3n) is 2.97. The molecule has 0 amide bonds. The molecule has 96 valence electrons. The highest BCUT2D eigenvalue weighted by Crippen LogP contribution is 2.22. The van der Waals surface area contributed by atoms with Crippen molar-refractivity contribution in [3.05, 3.63) is 53.8 Å². The van der Waals surface area contributed by atoms with Crippen molar-refractivity contribution in [2.24, 2.45) is 0 Å². The first-order valence-electron chi connectivity index (χ1n) is 6.25. The van der Waals surface area contributed by atoms with Crippen molar-refractivity contribution in [3.8, 4) is 11.3 Å². The summed E-state index contributed by atoms with van der Waals surface area (Å²) < 4.78 is 2.03. The summed E-state index contributed by atoms with van der Waals surface area (Å²) in [4.78, 5) is 4.61. The summed E-state index contributed by atoms with van der Waals surface area (Å²) in [5, 5.41) is 4.03. The Morgan fingerprint density at radius 3 is 2.63 bits per heavy atom. The van der Waals surface area contributed by atoms with E-state index in [1.807, 2.05) is 53.2 Å². The van der Waals surface area contributed by atoms with E-state index in [2.05, 4.69) is 17.2 Å². The van der Waals surface area contributed by atoms with Gasteiger partial charge < -0.3 is 9.72 Å². The maximum atomic E-state index is 5.90.